The normalized spacial score (nSPS) is 29.4. The fourth-order valence-corrected chi connectivity index (χ4v) is 6.88. The molecular formula is C33H51N7O9S2. The molecule has 7 amide bonds. The predicted octanol–water partition coefficient (Wildman–Crippen LogP) is 0.245. The van der Waals surface area contributed by atoms with Crippen molar-refractivity contribution in [2.75, 3.05) is 5.75 Å². The first-order valence-corrected chi connectivity index (χ1v) is 18.9. The number of hydrogen-bond donors (Lipinski definition) is 8. The number of aliphatic carboxylic acids is 1. The summed E-state index contributed by atoms with van der Waals surface area (Å²) in [5, 5.41) is 27.9. The summed E-state index contributed by atoms with van der Waals surface area (Å²) in [6, 6.07) is -6.11. The standard InChI is InChI=1S/C33H51N7O9S2/c1-8-17(4)26-32(48)34-11-12-50-20(7)27-33(49)35-19(6)28(44)37-21(9-10-25(42)43)29(45)38-23(31(47)39-26)15-51-18(5)14-24(41)36-22(13-16(2)3)30(46)40-27/h11-12,16-18,20-23,26-27H,6,8-10,13-15H2,1-5,7H3,(H,34,48)(H,35,49)(H,36,41)(H,37,44)(H,38,45)(H,39,47)(H,40,46)(H,42,43)/b12-11-/t17?,18-,20-,21-,22-,23-,26-,27+/m0/s1. The lowest BCUT2D eigenvalue weighted by Crippen LogP contribution is -2.59. The molecule has 2 rings (SSSR count). The van der Waals surface area contributed by atoms with Gasteiger partial charge in [-0.1, -0.05) is 54.5 Å². The minimum absolute atomic E-state index is 0.0229. The van der Waals surface area contributed by atoms with E-state index in [4.69, 9.17) is 0 Å². The quantitative estimate of drug-likeness (QED) is 0.129. The van der Waals surface area contributed by atoms with E-state index in [1.54, 1.807) is 20.8 Å². The van der Waals surface area contributed by atoms with Gasteiger partial charge in [0, 0.05) is 35.3 Å². The van der Waals surface area contributed by atoms with Gasteiger partial charge in [0.25, 0.3) is 5.91 Å². The van der Waals surface area contributed by atoms with Crippen LogP contribution in [0.5, 0.6) is 0 Å². The second-order valence-electron chi connectivity index (χ2n) is 13.1. The molecule has 0 aromatic carbocycles. The maximum absolute atomic E-state index is 13.8. The molecule has 1 fully saturated rings. The fraction of sp³-hybridized carbons (Fsp3) is 0.636. The van der Waals surface area contributed by atoms with Crippen molar-refractivity contribution in [3.8, 4) is 0 Å². The molecule has 18 heteroatoms. The first-order chi connectivity index (χ1) is 23.9. The summed E-state index contributed by atoms with van der Waals surface area (Å²) in [5.41, 5.74) is -0.495. The van der Waals surface area contributed by atoms with Crippen LogP contribution in [0.1, 0.15) is 73.6 Å². The number of carbonyl (C=O) groups excluding carboxylic acids is 7. The highest BCUT2D eigenvalue weighted by atomic mass is 32.2. The summed E-state index contributed by atoms with van der Waals surface area (Å²) in [7, 11) is 0. The molecule has 2 heterocycles. The summed E-state index contributed by atoms with van der Waals surface area (Å²) >= 11 is 2.25. The molecule has 0 spiro atoms. The molecule has 0 saturated carbocycles. The zero-order chi connectivity index (χ0) is 38.4. The van der Waals surface area contributed by atoms with Crippen molar-refractivity contribution < 1.29 is 43.5 Å². The van der Waals surface area contributed by atoms with E-state index in [9.17, 15) is 43.5 Å². The number of fused-ring (bicyclic) bond motifs is 9. The maximum Gasteiger partial charge on any atom is 0.303 e. The Hall–Kier alpha value is -4.06. The Labute approximate surface area is 306 Å². The monoisotopic (exact) mass is 753 g/mol. The molecule has 1 unspecified atom stereocenters. The molecule has 8 atom stereocenters. The van der Waals surface area contributed by atoms with Crippen molar-refractivity contribution in [3.63, 3.8) is 0 Å². The molecule has 51 heavy (non-hydrogen) atoms. The first-order valence-electron chi connectivity index (χ1n) is 16.9. The third kappa shape index (κ3) is 14.2. The van der Waals surface area contributed by atoms with Gasteiger partial charge in [0.2, 0.25) is 35.4 Å². The van der Waals surface area contributed by atoms with E-state index >= 15 is 0 Å². The van der Waals surface area contributed by atoms with Crippen molar-refractivity contribution in [1.82, 2.24) is 37.2 Å². The third-order valence-electron chi connectivity index (χ3n) is 8.26. The van der Waals surface area contributed by atoms with Crippen LogP contribution in [-0.4, -0.2) is 98.9 Å². The molecule has 0 radical (unpaired) electrons. The molecule has 284 valence electrons. The van der Waals surface area contributed by atoms with Crippen LogP contribution in [0.3, 0.4) is 0 Å². The van der Waals surface area contributed by atoms with Crippen molar-refractivity contribution in [1.29, 1.82) is 0 Å². The smallest absolute Gasteiger partial charge is 0.303 e. The summed E-state index contributed by atoms with van der Waals surface area (Å²) < 4.78 is 0. The second-order valence-corrected chi connectivity index (χ2v) is 15.9. The van der Waals surface area contributed by atoms with Crippen molar-refractivity contribution in [2.45, 2.75) is 114 Å². The van der Waals surface area contributed by atoms with Crippen molar-refractivity contribution in [2.24, 2.45) is 11.8 Å². The van der Waals surface area contributed by atoms with Crippen LogP contribution >= 0.6 is 23.5 Å². The van der Waals surface area contributed by atoms with Gasteiger partial charge in [-0.25, -0.2) is 0 Å². The summed E-state index contributed by atoms with van der Waals surface area (Å²) in [6.07, 6.45) is 1.13. The second kappa shape index (κ2) is 20.7. The number of rotatable bonds is 7. The highest BCUT2D eigenvalue weighted by Crippen LogP contribution is 2.20. The lowest BCUT2D eigenvalue weighted by molar-refractivity contribution is -0.138. The third-order valence-corrected chi connectivity index (χ3v) is 10.5. The molecule has 8 N–H and O–H groups in total. The first kappa shape index (κ1) is 43.1. The van der Waals surface area contributed by atoms with Gasteiger partial charge in [-0.15, -0.1) is 11.8 Å². The summed E-state index contributed by atoms with van der Waals surface area (Å²) in [4.78, 5) is 106. The van der Waals surface area contributed by atoms with E-state index in [1.165, 1.54) is 23.4 Å². The van der Waals surface area contributed by atoms with E-state index in [0.29, 0.717) is 6.42 Å². The topological polar surface area (TPSA) is 241 Å². The predicted molar refractivity (Wildman–Crippen MR) is 194 cm³/mol. The molecule has 0 aromatic rings. The van der Waals surface area contributed by atoms with E-state index in [2.05, 4.69) is 43.8 Å². The number of carboxylic acid groups (broad SMARTS) is 1. The Bertz CT molecular complexity index is 1380. The number of carboxylic acids is 1. The van der Waals surface area contributed by atoms with Crippen LogP contribution in [0.4, 0.5) is 0 Å². The molecule has 0 aliphatic carbocycles. The average molecular weight is 754 g/mol. The molecule has 0 aromatic heterocycles. The molecule has 2 bridgehead atoms. The molecule has 16 nitrogen and oxygen atoms in total. The number of nitrogens with one attached hydrogen (secondary N) is 7. The van der Waals surface area contributed by atoms with E-state index in [1.807, 2.05) is 20.8 Å². The molecule has 2 aliphatic rings. The fourth-order valence-electron chi connectivity index (χ4n) is 5.11. The Morgan fingerprint density at radius 2 is 1.57 bits per heavy atom. The van der Waals surface area contributed by atoms with Gasteiger partial charge in [0.05, 0.1) is 5.70 Å². The van der Waals surface area contributed by atoms with Gasteiger partial charge < -0.3 is 42.3 Å². The molecule has 1 saturated heterocycles. The summed E-state index contributed by atoms with van der Waals surface area (Å²) in [5.74, 6) is -6.79. The van der Waals surface area contributed by atoms with Crippen LogP contribution in [0.2, 0.25) is 0 Å². The highest BCUT2D eigenvalue weighted by molar-refractivity contribution is 8.02. The molecular weight excluding hydrogens is 703 g/mol. The van der Waals surface area contributed by atoms with E-state index in [-0.39, 0.29) is 36.9 Å². The van der Waals surface area contributed by atoms with E-state index in [0.717, 1.165) is 11.8 Å². The average Bonchev–Trinajstić information content (AvgIpc) is 3.05. The largest absolute Gasteiger partial charge is 0.481 e. The summed E-state index contributed by atoms with van der Waals surface area (Å²) in [6.45, 7) is 14.3. The Balaban J connectivity index is 2.75. The number of carbonyl (C=O) groups is 8. The van der Waals surface area contributed by atoms with Gasteiger partial charge in [-0.2, -0.15) is 11.8 Å². The maximum atomic E-state index is 13.8. The van der Waals surface area contributed by atoms with Gasteiger partial charge in [-0.05, 0) is 30.1 Å². The van der Waals surface area contributed by atoms with Crippen LogP contribution in [0.25, 0.3) is 0 Å². The van der Waals surface area contributed by atoms with Gasteiger partial charge in [0.1, 0.15) is 30.2 Å². The van der Waals surface area contributed by atoms with Gasteiger partial charge in [0.15, 0.2) is 0 Å². The van der Waals surface area contributed by atoms with Crippen molar-refractivity contribution in [3.05, 3.63) is 23.9 Å². The molecule has 2 aliphatic heterocycles. The van der Waals surface area contributed by atoms with Crippen LogP contribution in [-0.2, 0) is 38.4 Å². The Morgan fingerprint density at radius 1 is 0.902 bits per heavy atom. The van der Waals surface area contributed by atoms with E-state index < -0.39 is 100 Å². The lowest BCUT2D eigenvalue weighted by Gasteiger charge is -2.28. The van der Waals surface area contributed by atoms with Crippen molar-refractivity contribution >= 4 is 70.8 Å². The minimum atomic E-state index is -1.48. The van der Waals surface area contributed by atoms with Crippen LogP contribution < -0.4 is 37.2 Å². The zero-order valence-corrected chi connectivity index (χ0v) is 31.5. The van der Waals surface area contributed by atoms with Crippen LogP contribution in [0.15, 0.2) is 23.9 Å². The van der Waals surface area contributed by atoms with Crippen LogP contribution in [0, 0.1) is 11.8 Å². The van der Waals surface area contributed by atoms with Gasteiger partial charge in [-0.3, -0.25) is 38.4 Å². The number of thioether (sulfide) groups is 2. The highest BCUT2D eigenvalue weighted by Gasteiger charge is 2.35. The zero-order valence-electron chi connectivity index (χ0n) is 29.8. The lowest BCUT2D eigenvalue weighted by atomic mass is 9.98. The van der Waals surface area contributed by atoms with Gasteiger partial charge >= 0.3 is 5.97 Å². The number of hydrogen-bond acceptors (Lipinski definition) is 10. The Morgan fingerprint density at radius 3 is 2.20 bits per heavy atom. The number of amides is 7. The Kier molecular flexibility index (Phi) is 17.5. The SMILES string of the molecule is C=C1NC(=O)[C@@H]2NC(=O)[C@H](CC(C)C)NC(=O)C[C@H](C)SC[C@H](NC(=O)[C@H](CCC(=O)O)NC1=O)C(=O)N[C@@H](C(C)CC)C(=O)N/C=C\S[C@H]2C. The minimum Gasteiger partial charge on any atom is -0.481 e.